The molecular formula is C13H23NO3. The zero-order valence-electron chi connectivity index (χ0n) is 11.3. The summed E-state index contributed by atoms with van der Waals surface area (Å²) in [5, 5.41) is 2.87. The summed E-state index contributed by atoms with van der Waals surface area (Å²) >= 11 is 0. The molecule has 0 unspecified atom stereocenters. The average Bonchev–Trinajstić information content (AvgIpc) is 2.89. The average molecular weight is 241 g/mol. The van der Waals surface area contributed by atoms with Crippen LogP contribution < -0.4 is 5.32 Å². The lowest BCUT2D eigenvalue weighted by Crippen LogP contribution is -2.45. The summed E-state index contributed by atoms with van der Waals surface area (Å²) in [4.78, 5) is 11.7. The SMILES string of the molecule is C=C[C@@H]1O[C@@H]1[C@@H](NC(=O)OC(C)(C)C)C(C)C. The van der Waals surface area contributed by atoms with Crippen molar-refractivity contribution in [2.75, 3.05) is 0 Å². The van der Waals surface area contributed by atoms with Gasteiger partial charge in [-0.2, -0.15) is 0 Å². The predicted octanol–water partition coefficient (Wildman–Crippen LogP) is 2.49. The van der Waals surface area contributed by atoms with Gasteiger partial charge >= 0.3 is 6.09 Å². The molecule has 0 aromatic heterocycles. The number of carbonyl (C=O) groups is 1. The van der Waals surface area contributed by atoms with Crippen molar-refractivity contribution in [1.82, 2.24) is 5.32 Å². The van der Waals surface area contributed by atoms with Gasteiger partial charge in [0.25, 0.3) is 0 Å². The summed E-state index contributed by atoms with van der Waals surface area (Å²) in [7, 11) is 0. The van der Waals surface area contributed by atoms with Crippen LogP contribution in [-0.4, -0.2) is 29.9 Å². The Bertz CT molecular complexity index is 294. The van der Waals surface area contributed by atoms with E-state index in [1.54, 1.807) is 6.08 Å². The zero-order valence-corrected chi connectivity index (χ0v) is 11.3. The highest BCUT2D eigenvalue weighted by Crippen LogP contribution is 2.29. The van der Waals surface area contributed by atoms with E-state index in [0.29, 0.717) is 0 Å². The molecule has 1 heterocycles. The summed E-state index contributed by atoms with van der Waals surface area (Å²) in [6, 6.07) is -0.0344. The molecule has 1 aliphatic rings. The van der Waals surface area contributed by atoms with Gasteiger partial charge in [-0.1, -0.05) is 19.9 Å². The third kappa shape index (κ3) is 4.38. The van der Waals surface area contributed by atoms with Gasteiger partial charge in [-0.25, -0.2) is 4.79 Å². The molecule has 3 atom stereocenters. The molecular weight excluding hydrogens is 218 g/mol. The van der Waals surface area contributed by atoms with E-state index in [1.165, 1.54) is 0 Å². The lowest BCUT2D eigenvalue weighted by Gasteiger charge is -2.24. The van der Waals surface area contributed by atoms with Crippen LogP contribution in [0, 0.1) is 5.92 Å². The number of carbonyl (C=O) groups excluding carboxylic acids is 1. The van der Waals surface area contributed by atoms with Gasteiger partial charge in [0.1, 0.15) is 17.8 Å². The Morgan fingerprint density at radius 3 is 2.41 bits per heavy atom. The summed E-state index contributed by atoms with van der Waals surface area (Å²) in [5.74, 6) is 0.289. The van der Waals surface area contributed by atoms with E-state index in [1.807, 2.05) is 34.6 Å². The monoisotopic (exact) mass is 241 g/mol. The molecule has 0 aliphatic carbocycles. The maximum Gasteiger partial charge on any atom is 0.407 e. The molecule has 0 aromatic carbocycles. The molecule has 0 radical (unpaired) electrons. The highest BCUT2D eigenvalue weighted by atomic mass is 16.6. The van der Waals surface area contributed by atoms with E-state index < -0.39 is 11.7 Å². The van der Waals surface area contributed by atoms with Crippen LogP contribution in [0.4, 0.5) is 4.79 Å². The van der Waals surface area contributed by atoms with Crippen molar-refractivity contribution >= 4 is 6.09 Å². The number of epoxide rings is 1. The smallest absolute Gasteiger partial charge is 0.407 e. The van der Waals surface area contributed by atoms with E-state index in [4.69, 9.17) is 9.47 Å². The van der Waals surface area contributed by atoms with Crippen LogP contribution in [0.3, 0.4) is 0 Å². The minimum Gasteiger partial charge on any atom is -0.444 e. The molecule has 0 aromatic rings. The van der Waals surface area contributed by atoms with Gasteiger partial charge in [-0.05, 0) is 26.7 Å². The molecule has 1 saturated heterocycles. The number of alkyl carbamates (subject to hydrolysis) is 1. The van der Waals surface area contributed by atoms with Gasteiger partial charge in [-0.3, -0.25) is 0 Å². The van der Waals surface area contributed by atoms with Crippen molar-refractivity contribution in [2.24, 2.45) is 5.92 Å². The van der Waals surface area contributed by atoms with Crippen LogP contribution in [0.25, 0.3) is 0 Å². The first-order valence-electron chi connectivity index (χ1n) is 6.02. The second-order valence-corrected chi connectivity index (χ2v) is 5.72. The first-order chi connectivity index (χ1) is 7.74. The Hall–Kier alpha value is -1.03. The predicted molar refractivity (Wildman–Crippen MR) is 66.9 cm³/mol. The first kappa shape index (κ1) is 14.0. The van der Waals surface area contributed by atoms with Crippen LogP contribution in [0.2, 0.25) is 0 Å². The van der Waals surface area contributed by atoms with Gasteiger partial charge in [0, 0.05) is 0 Å². The number of rotatable bonds is 4. The molecule has 0 bridgehead atoms. The maximum absolute atomic E-state index is 11.7. The third-order valence-electron chi connectivity index (χ3n) is 2.55. The van der Waals surface area contributed by atoms with Gasteiger partial charge in [0.05, 0.1) is 6.04 Å². The lowest BCUT2D eigenvalue weighted by molar-refractivity contribution is 0.0478. The van der Waals surface area contributed by atoms with Crippen molar-refractivity contribution < 1.29 is 14.3 Å². The topological polar surface area (TPSA) is 50.9 Å². The van der Waals surface area contributed by atoms with Crippen LogP contribution in [0.1, 0.15) is 34.6 Å². The van der Waals surface area contributed by atoms with E-state index >= 15 is 0 Å². The van der Waals surface area contributed by atoms with E-state index in [2.05, 4.69) is 11.9 Å². The first-order valence-corrected chi connectivity index (χ1v) is 6.02. The summed E-state index contributed by atoms with van der Waals surface area (Å²) in [6.45, 7) is 13.3. The number of hydrogen-bond acceptors (Lipinski definition) is 3. The Morgan fingerprint density at radius 2 is 2.06 bits per heavy atom. The van der Waals surface area contributed by atoms with Gasteiger partial charge < -0.3 is 14.8 Å². The van der Waals surface area contributed by atoms with Crippen molar-refractivity contribution in [3.63, 3.8) is 0 Å². The summed E-state index contributed by atoms with van der Waals surface area (Å²) in [5.41, 5.74) is -0.478. The third-order valence-corrected chi connectivity index (χ3v) is 2.55. The molecule has 4 nitrogen and oxygen atoms in total. The van der Waals surface area contributed by atoms with Crippen LogP contribution in [-0.2, 0) is 9.47 Å². The quantitative estimate of drug-likeness (QED) is 0.607. The van der Waals surface area contributed by atoms with Crippen molar-refractivity contribution in [1.29, 1.82) is 0 Å². The maximum atomic E-state index is 11.7. The van der Waals surface area contributed by atoms with Crippen molar-refractivity contribution in [3.8, 4) is 0 Å². The standard InChI is InChI=1S/C13H23NO3/c1-7-9-11(16-9)10(8(2)3)14-12(15)17-13(4,5)6/h7-11H,1H2,2-6H3,(H,14,15)/t9-,10-,11-/m0/s1. The second-order valence-electron chi connectivity index (χ2n) is 5.72. The number of nitrogens with one attached hydrogen (secondary N) is 1. The van der Waals surface area contributed by atoms with E-state index in [0.717, 1.165) is 0 Å². The number of hydrogen-bond donors (Lipinski definition) is 1. The van der Waals surface area contributed by atoms with Crippen LogP contribution in [0.15, 0.2) is 12.7 Å². The molecule has 1 N–H and O–H groups in total. The second kappa shape index (κ2) is 5.08. The van der Waals surface area contributed by atoms with Crippen LogP contribution >= 0.6 is 0 Å². The fourth-order valence-electron chi connectivity index (χ4n) is 1.69. The normalized spacial score (nSPS) is 25.3. The van der Waals surface area contributed by atoms with Crippen molar-refractivity contribution in [2.45, 2.75) is 58.5 Å². The molecule has 98 valence electrons. The Labute approximate surface area is 103 Å². The molecule has 4 heteroatoms. The minimum atomic E-state index is -0.478. The van der Waals surface area contributed by atoms with Gasteiger partial charge in [0.15, 0.2) is 0 Å². The summed E-state index contributed by atoms with van der Waals surface area (Å²) < 4.78 is 10.7. The largest absolute Gasteiger partial charge is 0.444 e. The number of ether oxygens (including phenoxy) is 2. The Kier molecular flexibility index (Phi) is 4.20. The zero-order chi connectivity index (χ0) is 13.2. The van der Waals surface area contributed by atoms with E-state index in [-0.39, 0.29) is 24.2 Å². The van der Waals surface area contributed by atoms with E-state index in [9.17, 15) is 4.79 Å². The molecule has 1 fully saturated rings. The highest BCUT2D eigenvalue weighted by molar-refractivity contribution is 5.68. The fourth-order valence-corrected chi connectivity index (χ4v) is 1.69. The van der Waals surface area contributed by atoms with Crippen LogP contribution in [0.5, 0.6) is 0 Å². The van der Waals surface area contributed by atoms with Gasteiger partial charge in [-0.15, -0.1) is 6.58 Å². The molecule has 1 amide bonds. The molecule has 17 heavy (non-hydrogen) atoms. The fraction of sp³-hybridized carbons (Fsp3) is 0.769. The Morgan fingerprint density at radius 1 is 1.47 bits per heavy atom. The Balaban J connectivity index is 2.51. The molecule has 1 rings (SSSR count). The molecule has 1 aliphatic heterocycles. The lowest BCUT2D eigenvalue weighted by atomic mass is 9.99. The molecule has 0 saturated carbocycles. The minimum absolute atomic E-state index is 0.0278. The summed E-state index contributed by atoms with van der Waals surface area (Å²) in [6.07, 6.45) is 1.45. The number of amides is 1. The van der Waals surface area contributed by atoms with Gasteiger partial charge in [0.2, 0.25) is 0 Å². The highest BCUT2D eigenvalue weighted by Gasteiger charge is 2.45. The molecule has 0 spiro atoms. The van der Waals surface area contributed by atoms with Crippen molar-refractivity contribution in [3.05, 3.63) is 12.7 Å².